The van der Waals surface area contributed by atoms with Gasteiger partial charge in [0.1, 0.15) is 0 Å². The monoisotopic (exact) mass is 180 g/mol. The summed E-state index contributed by atoms with van der Waals surface area (Å²) in [6.07, 6.45) is 6.18. The maximum absolute atomic E-state index is 3.80. The van der Waals surface area contributed by atoms with Crippen molar-refractivity contribution in [2.24, 2.45) is 5.41 Å². The predicted molar refractivity (Wildman–Crippen MR) is 55.8 cm³/mol. The molecular weight excluding hydrogens is 160 g/mol. The highest BCUT2D eigenvalue weighted by atomic mass is 15.2. The first-order valence-corrected chi connectivity index (χ1v) is 5.39. The molecule has 0 radical (unpaired) electrons. The second-order valence-electron chi connectivity index (χ2n) is 4.52. The van der Waals surface area contributed by atoms with Gasteiger partial charge in [0, 0.05) is 13.1 Å². The van der Waals surface area contributed by atoms with Crippen LogP contribution in [0.5, 0.6) is 0 Å². The van der Waals surface area contributed by atoms with Crippen molar-refractivity contribution in [3.63, 3.8) is 0 Å². The van der Waals surface area contributed by atoms with E-state index in [-0.39, 0.29) is 0 Å². The molecule has 1 spiro atoms. The van der Waals surface area contributed by atoms with Crippen molar-refractivity contribution in [3.8, 4) is 0 Å². The zero-order valence-electron chi connectivity index (χ0n) is 8.39. The topological polar surface area (TPSA) is 15.3 Å². The van der Waals surface area contributed by atoms with Gasteiger partial charge in [-0.05, 0) is 44.3 Å². The molecule has 0 unspecified atom stereocenters. The van der Waals surface area contributed by atoms with E-state index in [1.54, 1.807) is 0 Å². The van der Waals surface area contributed by atoms with Crippen LogP contribution in [-0.4, -0.2) is 37.6 Å². The van der Waals surface area contributed by atoms with Gasteiger partial charge in [-0.15, -0.1) is 6.58 Å². The summed E-state index contributed by atoms with van der Waals surface area (Å²) < 4.78 is 0. The van der Waals surface area contributed by atoms with Crippen molar-refractivity contribution in [3.05, 3.63) is 12.7 Å². The lowest BCUT2D eigenvalue weighted by molar-refractivity contribution is 0.202. The second kappa shape index (κ2) is 3.81. The molecule has 2 aliphatic rings. The van der Waals surface area contributed by atoms with E-state index in [9.17, 15) is 0 Å². The number of nitrogens with zero attached hydrogens (tertiary/aromatic N) is 1. The van der Waals surface area contributed by atoms with E-state index in [4.69, 9.17) is 0 Å². The van der Waals surface area contributed by atoms with Crippen LogP contribution >= 0.6 is 0 Å². The van der Waals surface area contributed by atoms with Gasteiger partial charge in [0.2, 0.25) is 0 Å². The first kappa shape index (κ1) is 9.22. The minimum atomic E-state index is 0.661. The number of hydrogen-bond donors (Lipinski definition) is 1. The van der Waals surface area contributed by atoms with Crippen LogP contribution in [0, 0.1) is 5.41 Å². The molecule has 2 heteroatoms. The first-order valence-electron chi connectivity index (χ1n) is 5.39. The van der Waals surface area contributed by atoms with E-state index in [1.807, 2.05) is 6.08 Å². The van der Waals surface area contributed by atoms with Gasteiger partial charge in [-0.25, -0.2) is 0 Å². The van der Waals surface area contributed by atoms with E-state index in [0.717, 1.165) is 6.54 Å². The van der Waals surface area contributed by atoms with Crippen LogP contribution in [0.4, 0.5) is 0 Å². The maximum Gasteiger partial charge on any atom is 0.0160 e. The third-order valence-electron chi connectivity index (χ3n) is 3.57. The van der Waals surface area contributed by atoms with Gasteiger partial charge < -0.3 is 5.32 Å². The molecule has 1 N–H and O–H groups in total. The van der Waals surface area contributed by atoms with Gasteiger partial charge >= 0.3 is 0 Å². The molecule has 0 saturated carbocycles. The molecule has 2 aliphatic heterocycles. The van der Waals surface area contributed by atoms with Crippen molar-refractivity contribution in [2.75, 3.05) is 32.7 Å². The number of rotatable bonds is 2. The summed E-state index contributed by atoms with van der Waals surface area (Å²) in [6.45, 7) is 9.92. The molecule has 2 fully saturated rings. The van der Waals surface area contributed by atoms with E-state index >= 15 is 0 Å². The molecule has 0 aromatic rings. The van der Waals surface area contributed by atoms with Crippen LogP contribution in [0.1, 0.15) is 19.3 Å². The molecular formula is C11H20N2. The Balaban J connectivity index is 1.90. The van der Waals surface area contributed by atoms with E-state index in [0.29, 0.717) is 5.41 Å². The van der Waals surface area contributed by atoms with Crippen LogP contribution < -0.4 is 5.32 Å². The Morgan fingerprint density at radius 2 is 2.08 bits per heavy atom. The molecule has 13 heavy (non-hydrogen) atoms. The molecule has 0 aromatic heterocycles. The third kappa shape index (κ3) is 1.94. The normalized spacial score (nSPS) is 28.0. The Morgan fingerprint density at radius 1 is 1.31 bits per heavy atom. The average molecular weight is 180 g/mol. The smallest absolute Gasteiger partial charge is 0.0160 e. The van der Waals surface area contributed by atoms with Gasteiger partial charge in [0.25, 0.3) is 0 Å². The summed E-state index contributed by atoms with van der Waals surface area (Å²) in [5.74, 6) is 0. The van der Waals surface area contributed by atoms with Crippen molar-refractivity contribution in [2.45, 2.75) is 19.3 Å². The summed E-state index contributed by atoms with van der Waals surface area (Å²) in [4.78, 5) is 2.54. The first-order chi connectivity index (χ1) is 6.35. The summed E-state index contributed by atoms with van der Waals surface area (Å²) in [5, 5.41) is 3.44. The largest absolute Gasteiger partial charge is 0.317 e. The summed E-state index contributed by atoms with van der Waals surface area (Å²) in [5.41, 5.74) is 0.661. The van der Waals surface area contributed by atoms with Crippen LogP contribution in [0.2, 0.25) is 0 Å². The molecule has 2 heterocycles. The molecule has 0 bridgehead atoms. The predicted octanol–water partition coefficient (Wildman–Crippen LogP) is 1.25. The van der Waals surface area contributed by atoms with Crippen LogP contribution in [0.15, 0.2) is 12.7 Å². The highest BCUT2D eigenvalue weighted by molar-refractivity contribution is 4.94. The Labute approximate surface area is 81.0 Å². The van der Waals surface area contributed by atoms with Crippen molar-refractivity contribution < 1.29 is 0 Å². The van der Waals surface area contributed by atoms with Crippen molar-refractivity contribution >= 4 is 0 Å². The summed E-state index contributed by atoms with van der Waals surface area (Å²) in [7, 11) is 0. The summed E-state index contributed by atoms with van der Waals surface area (Å²) >= 11 is 0. The number of hydrogen-bond acceptors (Lipinski definition) is 2. The van der Waals surface area contributed by atoms with Gasteiger partial charge in [-0.2, -0.15) is 0 Å². The van der Waals surface area contributed by atoms with Gasteiger partial charge in [-0.1, -0.05) is 6.08 Å². The van der Waals surface area contributed by atoms with Gasteiger partial charge in [-0.3, -0.25) is 4.90 Å². The molecule has 0 amide bonds. The minimum absolute atomic E-state index is 0.661. The Morgan fingerprint density at radius 3 is 2.77 bits per heavy atom. The fourth-order valence-corrected chi connectivity index (χ4v) is 2.73. The second-order valence-corrected chi connectivity index (χ2v) is 4.52. The Kier molecular flexibility index (Phi) is 2.70. The molecule has 74 valence electrons. The maximum atomic E-state index is 3.80. The fraction of sp³-hybridized carbons (Fsp3) is 0.818. The third-order valence-corrected chi connectivity index (χ3v) is 3.57. The number of likely N-dealkylation sites (tertiary alicyclic amines) is 1. The highest BCUT2D eigenvalue weighted by Gasteiger charge is 2.38. The number of nitrogens with one attached hydrogen (secondary N) is 1. The lowest BCUT2D eigenvalue weighted by Crippen LogP contribution is -2.38. The lowest BCUT2D eigenvalue weighted by atomic mass is 9.78. The van der Waals surface area contributed by atoms with E-state index in [2.05, 4.69) is 16.8 Å². The van der Waals surface area contributed by atoms with Gasteiger partial charge in [0.05, 0.1) is 0 Å². The zero-order chi connectivity index (χ0) is 9.15. The fourth-order valence-electron chi connectivity index (χ4n) is 2.73. The van der Waals surface area contributed by atoms with Crippen molar-refractivity contribution in [1.82, 2.24) is 10.2 Å². The molecule has 2 rings (SSSR count). The SMILES string of the molecule is C=CCN1CCC2(CCNCC2)C1. The quantitative estimate of drug-likeness (QED) is 0.643. The molecule has 0 atom stereocenters. The highest BCUT2D eigenvalue weighted by Crippen LogP contribution is 2.38. The van der Waals surface area contributed by atoms with Crippen LogP contribution in [0.25, 0.3) is 0 Å². The Bertz CT molecular complexity index is 183. The molecule has 0 aromatic carbocycles. The lowest BCUT2D eigenvalue weighted by Gasteiger charge is -2.33. The number of piperidine rings is 1. The molecule has 2 saturated heterocycles. The summed E-state index contributed by atoms with van der Waals surface area (Å²) in [6, 6.07) is 0. The van der Waals surface area contributed by atoms with Gasteiger partial charge in [0.15, 0.2) is 0 Å². The molecule has 2 nitrogen and oxygen atoms in total. The zero-order valence-corrected chi connectivity index (χ0v) is 8.39. The minimum Gasteiger partial charge on any atom is -0.317 e. The van der Waals surface area contributed by atoms with Crippen LogP contribution in [-0.2, 0) is 0 Å². The standard InChI is InChI=1S/C11H20N2/c1-2-8-13-9-5-11(10-13)3-6-12-7-4-11/h2,12H,1,3-10H2. The van der Waals surface area contributed by atoms with Crippen molar-refractivity contribution in [1.29, 1.82) is 0 Å². The molecule has 0 aliphatic carbocycles. The van der Waals surface area contributed by atoms with Crippen LogP contribution in [0.3, 0.4) is 0 Å². The van der Waals surface area contributed by atoms with E-state index in [1.165, 1.54) is 45.4 Å². The average Bonchev–Trinajstić information content (AvgIpc) is 2.51. The van der Waals surface area contributed by atoms with E-state index < -0.39 is 0 Å². The Hall–Kier alpha value is -0.340.